The number of ketones is 1. The molecular formula is C20H27NO4. The number of hydrogen-bond acceptors (Lipinski definition) is 4. The van der Waals surface area contributed by atoms with E-state index in [2.05, 4.69) is 0 Å². The van der Waals surface area contributed by atoms with Crippen LogP contribution in [0.4, 0.5) is 0 Å². The summed E-state index contributed by atoms with van der Waals surface area (Å²) in [5.74, 6) is -1.45. The summed E-state index contributed by atoms with van der Waals surface area (Å²) in [6, 6.07) is 7.11. The Kier molecular flexibility index (Phi) is 6.01. The topological polar surface area (TPSA) is 66.8 Å². The maximum atomic E-state index is 12.7. The number of benzene rings is 1. The zero-order valence-electron chi connectivity index (χ0n) is 15.6. The van der Waals surface area contributed by atoms with Crippen molar-refractivity contribution in [3.8, 4) is 0 Å². The van der Waals surface area contributed by atoms with Gasteiger partial charge in [0.2, 0.25) is 0 Å². The fourth-order valence-corrected chi connectivity index (χ4v) is 3.02. The SMILES string of the molecule is Cc1cccc(C2C(C(=O)C(C)C)=C(O)C(=O)N2CCOC(C)C)c1. The van der Waals surface area contributed by atoms with Crippen molar-refractivity contribution in [2.75, 3.05) is 13.2 Å². The average Bonchev–Trinajstić information content (AvgIpc) is 2.78. The van der Waals surface area contributed by atoms with E-state index in [1.54, 1.807) is 13.8 Å². The van der Waals surface area contributed by atoms with Gasteiger partial charge < -0.3 is 14.7 Å². The first-order valence-corrected chi connectivity index (χ1v) is 8.70. The van der Waals surface area contributed by atoms with Crippen LogP contribution in [0.15, 0.2) is 35.6 Å². The van der Waals surface area contributed by atoms with Gasteiger partial charge in [0.25, 0.3) is 5.91 Å². The maximum Gasteiger partial charge on any atom is 0.290 e. The molecule has 0 aliphatic carbocycles. The molecule has 1 N–H and O–H groups in total. The standard InChI is InChI=1S/C20H27NO4/c1-12(2)18(22)16-17(15-8-6-7-14(5)11-15)21(20(24)19(16)23)9-10-25-13(3)4/h6-8,11-13,17,23H,9-10H2,1-5H3. The molecule has 1 aromatic carbocycles. The second-order valence-corrected chi connectivity index (χ2v) is 7.02. The monoisotopic (exact) mass is 345 g/mol. The molecule has 25 heavy (non-hydrogen) atoms. The number of Topliss-reactive ketones (excluding diaryl/α,β-unsaturated/α-hetero) is 1. The molecule has 2 rings (SSSR count). The number of carbonyl (C=O) groups excluding carboxylic acids is 2. The molecule has 5 nitrogen and oxygen atoms in total. The molecule has 0 saturated heterocycles. The van der Waals surface area contributed by atoms with E-state index >= 15 is 0 Å². The molecule has 1 amide bonds. The minimum Gasteiger partial charge on any atom is -0.503 e. The Morgan fingerprint density at radius 2 is 1.96 bits per heavy atom. The first-order valence-electron chi connectivity index (χ1n) is 8.70. The van der Waals surface area contributed by atoms with Crippen molar-refractivity contribution >= 4 is 11.7 Å². The Balaban J connectivity index is 2.42. The molecule has 1 aliphatic rings. The quantitative estimate of drug-likeness (QED) is 0.823. The number of nitrogens with zero attached hydrogens (tertiary/aromatic N) is 1. The molecule has 5 heteroatoms. The first kappa shape index (κ1) is 19.2. The fraction of sp³-hybridized carbons (Fsp3) is 0.500. The van der Waals surface area contributed by atoms with E-state index < -0.39 is 17.7 Å². The third-order valence-electron chi connectivity index (χ3n) is 4.23. The lowest BCUT2D eigenvalue weighted by Gasteiger charge is -2.27. The zero-order chi connectivity index (χ0) is 18.7. The van der Waals surface area contributed by atoms with Crippen LogP contribution in [0.3, 0.4) is 0 Å². The summed E-state index contributed by atoms with van der Waals surface area (Å²) in [6.07, 6.45) is 0.0495. The van der Waals surface area contributed by atoms with Crippen LogP contribution in [-0.4, -0.2) is 41.0 Å². The van der Waals surface area contributed by atoms with Crippen LogP contribution in [0, 0.1) is 12.8 Å². The highest BCUT2D eigenvalue weighted by atomic mass is 16.5. The van der Waals surface area contributed by atoms with Gasteiger partial charge in [0.15, 0.2) is 11.5 Å². The van der Waals surface area contributed by atoms with Crippen LogP contribution in [0.2, 0.25) is 0 Å². The Morgan fingerprint density at radius 3 is 2.52 bits per heavy atom. The molecule has 0 radical (unpaired) electrons. The summed E-state index contributed by atoms with van der Waals surface area (Å²) in [5, 5.41) is 10.4. The minimum atomic E-state index is -0.571. The lowest BCUT2D eigenvalue weighted by Crippen LogP contribution is -2.34. The fourth-order valence-electron chi connectivity index (χ4n) is 3.02. The van der Waals surface area contributed by atoms with Gasteiger partial charge in [-0.1, -0.05) is 43.7 Å². The molecule has 0 fully saturated rings. The summed E-state index contributed by atoms with van der Waals surface area (Å²) < 4.78 is 5.56. The van der Waals surface area contributed by atoms with Crippen molar-refractivity contribution in [2.45, 2.75) is 46.8 Å². The van der Waals surface area contributed by atoms with Crippen LogP contribution in [-0.2, 0) is 14.3 Å². The van der Waals surface area contributed by atoms with Crippen molar-refractivity contribution < 1.29 is 19.4 Å². The van der Waals surface area contributed by atoms with Crippen LogP contribution in [0.1, 0.15) is 44.9 Å². The molecule has 136 valence electrons. The number of carbonyl (C=O) groups is 2. The van der Waals surface area contributed by atoms with Crippen molar-refractivity contribution in [3.05, 3.63) is 46.7 Å². The summed E-state index contributed by atoms with van der Waals surface area (Å²) in [6.45, 7) is 10.0. The molecule has 1 aliphatic heterocycles. The van der Waals surface area contributed by atoms with E-state index in [1.165, 1.54) is 4.90 Å². The van der Waals surface area contributed by atoms with Gasteiger partial charge >= 0.3 is 0 Å². The number of amides is 1. The van der Waals surface area contributed by atoms with Gasteiger partial charge in [0, 0.05) is 12.5 Å². The molecule has 1 atom stereocenters. The Hall–Kier alpha value is -2.14. The number of hydrogen-bond donors (Lipinski definition) is 1. The van der Waals surface area contributed by atoms with Crippen molar-refractivity contribution in [1.29, 1.82) is 0 Å². The molecule has 0 bridgehead atoms. The number of aliphatic hydroxyl groups is 1. The highest BCUT2D eigenvalue weighted by Gasteiger charge is 2.43. The van der Waals surface area contributed by atoms with Gasteiger partial charge in [0.1, 0.15) is 0 Å². The van der Waals surface area contributed by atoms with E-state index in [-0.39, 0.29) is 23.4 Å². The Morgan fingerprint density at radius 1 is 1.28 bits per heavy atom. The lowest BCUT2D eigenvalue weighted by molar-refractivity contribution is -0.130. The second-order valence-electron chi connectivity index (χ2n) is 7.02. The van der Waals surface area contributed by atoms with Crippen LogP contribution < -0.4 is 0 Å². The van der Waals surface area contributed by atoms with Gasteiger partial charge in [-0.25, -0.2) is 0 Å². The highest BCUT2D eigenvalue weighted by Crippen LogP contribution is 2.38. The predicted octanol–water partition coefficient (Wildman–Crippen LogP) is 3.34. The lowest BCUT2D eigenvalue weighted by atomic mass is 9.91. The van der Waals surface area contributed by atoms with E-state index in [1.807, 2.05) is 45.0 Å². The largest absolute Gasteiger partial charge is 0.503 e. The first-order chi connectivity index (χ1) is 11.7. The number of rotatable bonds is 7. The van der Waals surface area contributed by atoms with Crippen LogP contribution in [0.25, 0.3) is 0 Å². The molecule has 0 saturated carbocycles. The molecule has 1 heterocycles. The van der Waals surface area contributed by atoms with Crippen molar-refractivity contribution in [3.63, 3.8) is 0 Å². The Labute approximate surface area is 149 Å². The smallest absolute Gasteiger partial charge is 0.290 e. The van der Waals surface area contributed by atoms with Gasteiger partial charge in [-0.15, -0.1) is 0 Å². The van der Waals surface area contributed by atoms with Gasteiger partial charge in [-0.05, 0) is 26.3 Å². The molecular weight excluding hydrogens is 318 g/mol. The molecule has 0 aromatic heterocycles. The zero-order valence-corrected chi connectivity index (χ0v) is 15.6. The Bertz CT molecular complexity index is 691. The summed E-state index contributed by atoms with van der Waals surface area (Å²) in [4.78, 5) is 26.8. The average molecular weight is 345 g/mol. The number of aryl methyl sites for hydroxylation is 1. The third-order valence-corrected chi connectivity index (χ3v) is 4.23. The molecule has 1 unspecified atom stereocenters. The van der Waals surface area contributed by atoms with Crippen LogP contribution >= 0.6 is 0 Å². The van der Waals surface area contributed by atoms with Gasteiger partial charge in [-0.3, -0.25) is 9.59 Å². The van der Waals surface area contributed by atoms with E-state index in [9.17, 15) is 14.7 Å². The molecule has 0 spiro atoms. The second kappa shape index (κ2) is 7.83. The maximum absolute atomic E-state index is 12.7. The van der Waals surface area contributed by atoms with Gasteiger partial charge in [0.05, 0.1) is 24.3 Å². The summed E-state index contributed by atoms with van der Waals surface area (Å²) in [5.41, 5.74) is 2.05. The summed E-state index contributed by atoms with van der Waals surface area (Å²) in [7, 11) is 0. The van der Waals surface area contributed by atoms with Crippen LogP contribution in [0.5, 0.6) is 0 Å². The highest BCUT2D eigenvalue weighted by molar-refractivity contribution is 6.09. The van der Waals surface area contributed by atoms with Crippen molar-refractivity contribution in [2.24, 2.45) is 5.92 Å². The predicted molar refractivity (Wildman–Crippen MR) is 96.2 cm³/mol. The number of aliphatic hydroxyl groups excluding tert-OH is 1. The van der Waals surface area contributed by atoms with E-state index in [0.29, 0.717) is 13.2 Å². The van der Waals surface area contributed by atoms with E-state index in [0.717, 1.165) is 11.1 Å². The number of ether oxygens (including phenoxy) is 1. The van der Waals surface area contributed by atoms with Crippen molar-refractivity contribution in [1.82, 2.24) is 4.90 Å². The van der Waals surface area contributed by atoms with Gasteiger partial charge in [-0.2, -0.15) is 0 Å². The molecule has 1 aromatic rings. The summed E-state index contributed by atoms with van der Waals surface area (Å²) >= 11 is 0. The normalized spacial score (nSPS) is 18.0. The third kappa shape index (κ3) is 4.10. The minimum absolute atomic E-state index is 0.0495. The van der Waals surface area contributed by atoms with E-state index in [4.69, 9.17) is 4.74 Å².